The first-order valence-electron chi connectivity index (χ1n) is 9.64. The maximum Gasteiger partial charge on any atom is 0.225 e. The normalized spacial score (nSPS) is 10.8. The largest absolute Gasteiger partial charge is 0.495 e. The number of rotatable bonds is 8. The van der Waals surface area contributed by atoms with Gasteiger partial charge in [0, 0.05) is 23.3 Å². The van der Waals surface area contributed by atoms with Gasteiger partial charge in [-0.1, -0.05) is 23.4 Å². The van der Waals surface area contributed by atoms with Gasteiger partial charge in [0.05, 0.1) is 25.3 Å². The number of benzene rings is 1. The molecule has 3 heterocycles. The molecule has 0 bridgehead atoms. The molecule has 164 valence electrons. The number of nitrogens with zero attached hydrogens (tertiary/aromatic N) is 3. The molecule has 0 unspecified atom stereocenters. The van der Waals surface area contributed by atoms with E-state index in [-0.39, 0.29) is 12.3 Å². The summed E-state index contributed by atoms with van der Waals surface area (Å²) in [4.78, 5) is 17.0. The first-order chi connectivity index (χ1) is 15.5. The molecule has 4 aromatic rings. The van der Waals surface area contributed by atoms with Crippen LogP contribution in [-0.2, 0) is 4.79 Å². The van der Waals surface area contributed by atoms with Crippen LogP contribution in [-0.4, -0.2) is 34.0 Å². The second-order valence-corrected chi connectivity index (χ2v) is 8.16. The molecule has 1 aromatic carbocycles. The number of furan rings is 2. The summed E-state index contributed by atoms with van der Waals surface area (Å²) in [5.74, 6) is 1.89. The molecule has 32 heavy (non-hydrogen) atoms. The number of amides is 1. The fraction of sp³-hybridized carbons (Fsp3) is 0.182. The van der Waals surface area contributed by atoms with Gasteiger partial charge in [0.15, 0.2) is 17.2 Å². The predicted molar refractivity (Wildman–Crippen MR) is 122 cm³/mol. The summed E-state index contributed by atoms with van der Waals surface area (Å²) in [6, 6.07) is 10.6. The molecule has 4 rings (SSSR count). The second-order valence-electron chi connectivity index (χ2n) is 6.69. The Bertz CT molecular complexity index is 1210. The van der Waals surface area contributed by atoms with Gasteiger partial charge in [0.2, 0.25) is 11.1 Å². The minimum atomic E-state index is -0.163. The minimum Gasteiger partial charge on any atom is -0.495 e. The van der Waals surface area contributed by atoms with Gasteiger partial charge >= 0.3 is 0 Å². The van der Waals surface area contributed by atoms with Crippen LogP contribution in [0, 0.1) is 6.92 Å². The summed E-state index contributed by atoms with van der Waals surface area (Å²) in [5.41, 5.74) is 2.43. The van der Waals surface area contributed by atoms with Crippen molar-refractivity contribution in [3.8, 4) is 28.7 Å². The van der Waals surface area contributed by atoms with E-state index >= 15 is 0 Å². The van der Waals surface area contributed by atoms with E-state index in [4.69, 9.17) is 25.2 Å². The molecule has 0 fully saturated rings. The number of hydrogen-bond acceptors (Lipinski definition) is 8. The zero-order valence-electron chi connectivity index (χ0n) is 17.3. The second kappa shape index (κ2) is 9.88. The molecule has 0 radical (unpaired) electrons. The first-order valence-corrected chi connectivity index (χ1v) is 11.0. The Kier molecular flexibility index (Phi) is 6.77. The lowest BCUT2D eigenvalue weighted by molar-refractivity contribution is -0.115. The number of carbonyl (C=O) groups is 1. The van der Waals surface area contributed by atoms with Crippen LogP contribution < -0.4 is 10.1 Å². The molecule has 0 aliphatic carbocycles. The Morgan fingerprint density at radius 3 is 2.50 bits per heavy atom. The third-order valence-electron chi connectivity index (χ3n) is 4.49. The van der Waals surface area contributed by atoms with E-state index in [9.17, 15) is 4.79 Å². The van der Waals surface area contributed by atoms with E-state index in [0.29, 0.717) is 50.3 Å². The van der Waals surface area contributed by atoms with Crippen molar-refractivity contribution >= 4 is 35.0 Å². The average Bonchev–Trinajstić information content (AvgIpc) is 3.50. The summed E-state index contributed by atoms with van der Waals surface area (Å²) in [5, 5.41) is 12.3. The third-order valence-corrected chi connectivity index (χ3v) is 5.74. The number of ether oxygens (including phenoxy) is 1. The molecule has 0 aliphatic heterocycles. The number of anilines is 1. The summed E-state index contributed by atoms with van der Waals surface area (Å²) >= 11 is 7.44. The third kappa shape index (κ3) is 4.95. The number of halogens is 1. The van der Waals surface area contributed by atoms with Gasteiger partial charge in [-0.25, -0.2) is 4.98 Å². The fourth-order valence-electron chi connectivity index (χ4n) is 2.91. The van der Waals surface area contributed by atoms with Crippen LogP contribution in [0.2, 0.25) is 5.02 Å². The monoisotopic (exact) mass is 470 g/mol. The molecule has 1 N–H and O–H groups in total. The summed E-state index contributed by atoms with van der Waals surface area (Å²) in [7, 11) is 1.53. The van der Waals surface area contributed by atoms with Gasteiger partial charge in [-0.3, -0.25) is 4.79 Å². The number of nitrogens with one attached hydrogen (secondary N) is 1. The van der Waals surface area contributed by atoms with Gasteiger partial charge in [-0.2, -0.15) is 0 Å². The smallest absolute Gasteiger partial charge is 0.225 e. The topological polar surface area (TPSA) is 103 Å². The van der Waals surface area contributed by atoms with E-state index in [2.05, 4.69) is 20.5 Å². The molecule has 0 atom stereocenters. The van der Waals surface area contributed by atoms with Crippen molar-refractivity contribution in [2.24, 2.45) is 0 Å². The standard InChI is InChI=1S/C22H19ClN4O4S/c1-13-11-15(18(29-2)12-14(13)23)24-19(28)7-10-32-22-25-20(16-5-3-8-30-16)21(26-27-22)17-6-4-9-31-17/h3-6,8-9,11-12H,7,10H2,1-2H3,(H,24,28). The maximum absolute atomic E-state index is 12.4. The first kappa shape index (κ1) is 21.9. The highest BCUT2D eigenvalue weighted by atomic mass is 35.5. The van der Waals surface area contributed by atoms with Crippen LogP contribution in [0.25, 0.3) is 22.9 Å². The molecule has 0 saturated heterocycles. The number of aryl methyl sites for hydroxylation is 1. The fourth-order valence-corrected chi connectivity index (χ4v) is 3.79. The highest BCUT2D eigenvalue weighted by Crippen LogP contribution is 2.32. The highest BCUT2D eigenvalue weighted by Gasteiger charge is 2.18. The van der Waals surface area contributed by atoms with E-state index in [1.54, 1.807) is 48.9 Å². The lowest BCUT2D eigenvalue weighted by Crippen LogP contribution is -2.13. The molecule has 8 nitrogen and oxygen atoms in total. The molecule has 3 aromatic heterocycles. The Labute approximate surface area is 193 Å². The van der Waals surface area contributed by atoms with Crippen LogP contribution in [0.5, 0.6) is 5.75 Å². The van der Waals surface area contributed by atoms with Gasteiger partial charge in [0.25, 0.3) is 0 Å². The van der Waals surface area contributed by atoms with Crippen LogP contribution in [0.3, 0.4) is 0 Å². The lowest BCUT2D eigenvalue weighted by Gasteiger charge is -2.12. The predicted octanol–water partition coefficient (Wildman–Crippen LogP) is 5.48. The Morgan fingerprint density at radius 1 is 1.12 bits per heavy atom. The molecule has 0 aliphatic rings. The van der Waals surface area contributed by atoms with Gasteiger partial charge in [0.1, 0.15) is 11.4 Å². The van der Waals surface area contributed by atoms with Crippen LogP contribution in [0.15, 0.2) is 62.9 Å². The van der Waals surface area contributed by atoms with Crippen molar-refractivity contribution in [2.75, 3.05) is 18.2 Å². The summed E-state index contributed by atoms with van der Waals surface area (Å²) in [6.07, 6.45) is 3.36. The van der Waals surface area contributed by atoms with E-state index in [1.807, 2.05) is 6.92 Å². The molecule has 0 spiro atoms. The van der Waals surface area contributed by atoms with Crippen molar-refractivity contribution in [2.45, 2.75) is 18.5 Å². The van der Waals surface area contributed by atoms with Crippen LogP contribution in [0.1, 0.15) is 12.0 Å². The zero-order chi connectivity index (χ0) is 22.5. The van der Waals surface area contributed by atoms with Crippen LogP contribution in [0.4, 0.5) is 5.69 Å². The molecular formula is C22H19ClN4O4S. The summed E-state index contributed by atoms with van der Waals surface area (Å²) < 4.78 is 16.2. The number of thioether (sulfide) groups is 1. The van der Waals surface area contributed by atoms with Gasteiger partial charge in [-0.15, -0.1) is 10.2 Å². The number of aromatic nitrogens is 3. The van der Waals surface area contributed by atoms with Crippen molar-refractivity contribution in [1.29, 1.82) is 0 Å². The Hall–Kier alpha value is -3.30. The van der Waals surface area contributed by atoms with Gasteiger partial charge in [-0.05, 0) is 42.8 Å². The van der Waals surface area contributed by atoms with Crippen molar-refractivity contribution < 1.29 is 18.4 Å². The Morgan fingerprint density at radius 2 is 1.84 bits per heavy atom. The van der Waals surface area contributed by atoms with E-state index in [0.717, 1.165) is 5.56 Å². The van der Waals surface area contributed by atoms with Gasteiger partial charge < -0.3 is 18.9 Å². The van der Waals surface area contributed by atoms with Crippen LogP contribution >= 0.6 is 23.4 Å². The van der Waals surface area contributed by atoms with Crippen molar-refractivity contribution in [1.82, 2.24) is 15.2 Å². The molecule has 1 amide bonds. The highest BCUT2D eigenvalue weighted by molar-refractivity contribution is 7.99. The SMILES string of the molecule is COc1cc(Cl)c(C)cc1NC(=O)CCSc1nnc(-c2ccco2)c(-c2ccco2)n1. The number of hydrogen-bond donors (Lipinski definition) is 1. The van der Waals surface area contributed by atoms with Crippen molar-refractivity contribution in [3.05, 3.63) is 59.5 Å². The number of carbonyl (C=O) groups excluding carboxylic acids is 1. The zero-order valence-corrected chi connectivity index (χ0v) is 18.9. The van der Waals surface area contributed by atoms with E-state index < -0.39 is 0 Å². The minimum absolute atomic E-state index is 0.163. The maximum atomic E-state index is 12.4. The quantitative estimate of drug-likeness (QED) is 0.337. The lowest BCUT2D eigenvalue weighted by atomic mass is 10.2. The molecular weight excluding hydrogens is 452 g/mol. The average molecular weight is 471 g/mol. The molecule has 0 saturated carbocycles. The van der Waals surface area contributed by atoms with Crippen molar-refractivity contribution in [3.63, 3.8) is 0 Å². The Balaban J connectivity index is 1.43. The molecule has 10 heteroatoms. The number of methoxy groups -OCH3 is 1. The summed E-state index contributed by atoms with van der Waals surface area (Å²) in [6.45, 7) is 1.86. The van der Waals surface area contributed by atoms with E-state index in [1.165, 1.54) is 18.9 Å².